The van der Waals surface area contributed by atoms with Crippen molar-refractivity contribution in [1.29, 1.82) is 0 Å². The molecule has 1 aliphatic heterocycles. The van der Waals surface area contributed by atoms with E-state index in [2.05, 4.69) is 10.1 Å². The van der Waals surface area contributed by atoms with Crippen LogP contribution in [0.1, 0.15) is 30.4 Å². The number of rotatable bonds is 4. The van der Waals surface area contributed by atoms with Crippen molar-refractivity contribution in [3.63, 3.8) is 0 Å². The summed E-state index contributed by atoms with van der Waals surface area (Å²) in [5.41, 5.74) is 2.62. The number of anilines is 1. The van der Waals surface area contributed by atoms with Gasteiger partial charge in [0.25, 0.3) is 0 Å². The summed E-state index contributed by atoms with van der Waals surface area (Å²) in [6.45, 7) is 5.82. The van der Waals surface area contributed by atoms with Crippen LogP contribution in [0.5, 0.6) is 0 Å². The lowest BCUT2D eigenvalue weighted by atomic mass is 10.1. The SMILES string of the molecule is Cc1noc(C)c1CCC(=O)N(C1=N[C@@H](C)CS1)c1ccc(Cl)cc1. The summed E-state index contributed by atoms with van der Waals surface area (Å²) in [5, 5.41) is 5.34. The van der Waals surface area contributed by atoms with Crippen molar-refractivity contribution in [3.05, 3.63) is 46.3 Å². The van der Waals surface area contributed by atoms with Crippen molar-refractivity contribution in [2.75, 3.05) is 10.7 Å². The van der Waals surface area contributed by atoms with Gasteiger partial charge in [-0.15, -0.1) is 0 Å². The Balaban J connectivity index is 1.82. The summed E-state index contributed by atoms with van der Waals surface area (Å²) in [6.07, 6.45) is 0.955. The number of carbonyl (C=O) groups is 1. The van der Waals surface area contributed by atoms with Gasteiger partial charge in [0.05, 0.1) is 17.4 Å². The van der Waals surface area contributed by atoms with Crippen LogP contribution in [0.4, 0.5) is 5.69 Å². The lowest BCUT2D eigenvalue weighted by Gasteiger charge is -2.22. The van der Waals surface area contributed by atoms with Gasteiger partial charge in [0.1, 0.15) is 5.76 Å². The second kappa shape index (κ2) is 7.62. The molecule has 1 amide bonds. The van der Waals surface area contributed by atoms with Crippen LogP contribution in [-0.2, 0) is 11.2 Å². The van der Waals surface area contributed by atoms with E-state index in [1.807, 2.05) is 32.9 Å². The standard InChI is InChI=1S/C18H20ClN3O2S/c1-11-10-25-18(20-11)22(15-6-4-14(19)5-7-15)17(23)9-8-16-12(2)21-24-13(16)3/h4-7,11H,8-10H2,1-3H3/t11-/m0/s1. The molecular weight excluding hydrogens is 358 g/mol. The second-order valence-electron chi connectivity index (χ2n) is 6.08. The molecule has 0 radical (unpaired) electrons. The molecule has 1 aromatic carbocycles. The van der Waals surface area contributed by atoms with Crippen LogP contribution < -0.4 is 4.90 Å². The first-order valence-electron chi connectivity index (χ1n) is 8.16. The van der Waals surface area contributed by atoms with Crippen LogP contribution in [0, 0.1) is 13.8 Å². The summed E-state index contributed by atoms with van der Waals surface area (Å²) >= 11 is 7.59. The Kier molecular flexibility index (Phi) is 5.49. The maximum atomic E-state index is 13.0. The van der Waals surface area contributed by atoms with E-state index < -0.39 is 0 Å². The molecule has 1 aliphatic rings. The lowest BCUT2D eigenvalue weighted by Crippen LogP contribution is -2.34. The lowest BCUT2D eigenvalue weighted by molar-refractivity contribution is -0.117. The molecule has 0 spiro atoms. The van der Waals surface area contributed by atoms with Crippen molar-refractivity contribution < 1.29 is 9.32 Å². The Morgan fingerprint density at radius 2 is 2.08 bits per heavy atom. The molecule has 2 heterocycles. The van der Waals surface area contributed by atoms with Crippen LogP contribution >= 0.6 is 23.4 Å². The maximum Gasteiger partial charge on any atom is 0.233 e. The van der Waals surface area contributed by atoms with Gasteiger partial charge < -0.3 is 4.52 Å². The molecular formula is C18H20ClN3O2S. The summed E-state index contributed by atoms with van der Waals surface area (Å²) < 4.78 is 5.18. The fourth-order valence-electron chi connectivity index (χ4n) is 2.73. The topological polar surface area (TPSA) is 58.7 Å². The summed E-state index contributed by atoms with van der Waals surface area (Å²) in [5.74, 6) is 1.66. The molecule has 132 valence electrons. The molecule has 0 unspecified atom stereocenters. The number of aromatic nitrogens is 1. The highest BCUT2D eigenvalue weighted by atomic mass is 35.5. The second-order valence-corrected chi connectivity index (χ2v) is 7.50. The molecule has 3 rings (SSSR count). The number of nitrogens with zero attached hydrogens (tertiary/aromatic N) is 3. The van der Waals surface area contributed by atoms with Gasteiger partial charge in [-0.3, -0.25) is 14.7 Å². The first-order chi connectivity index (χ1) is 12.0. The number of halogens is 1. The predicted octanol–water partition coefficient (Wildman–Crippen LogP) is 4.40. The average molecular weight is 378 g/mol. The highest BCUT2D eigenvalue weighted by molar-refractivity contribution is 8.14. The fraction of sp³-hybridized carbons (Fsp3) is 0.389. The number of aryl methyl sites for hydroxylation is 2. The van der Waals surface area contributed by atoms with Gasteiger partial charge in [0.2, 0.25) is 5.91 Å². The van der Waals surface area contributed by atoms with E-state index in [9.17, 15) is 4.79 Å². The Labute approximate surface area is 156 Å². The van der Waals surface area contributed by atoms with Gasteiger partial charge in [-0.2, -0.15) is 0 Å². The van der Waals surface area contributed by atoms with Crippen molar-refractivity contribution in [1.82, 2.24) is 5.16 Å². The van der Waals surface area contributed by atoms with Crippen LogP contribution in [0.15, 0.2) is 33.8 Å². The van der Waals surface area contributed by atoms with Gasteiger partial charge in [-0.1, -0.05) is 28.5 Å². The zero-order valence-corrected chi connectivity index (χ0v) is 16.0. The van der Waals surface area contributed by atoms with Gasteiger partial charge in [0, 0.05) is 22.8 Å². The smallest absolute Gasteiger partial charge is 0.233 e. The van der Waals surface area contributed by atoms with Crippen molar-refractivity contribution >= 4 is 40.1 Å². The first kappa shape index (κ1) is 18.0. The van der Waals surface area contributed by atoms with E-state index >= 15 is 0 Å². The number of amidine groups is 1. The first-order valence-corrected chi connectivity index (χ1v) is 9.53. The van der Waals surface area contributed by atoms with Gasteiger partial charge in [-0.05, 0) is 51.5 Å². The van der Waals surface area contributed by atoms with E-state index in [0.717, 1.165) is 33.6 Å². The van der Waals surface area contributed by atoms with Gasteiger partial charge >= 0.3 is 0 Å². The molecule has 7 heteroatoms. The Hall–Kier alpha value is -1.79. The van der Waals surface area contributed by atoms with Gasteiger partial charge in [0.15, 0.2) is 5.17 Å². The molecule has 0 bridgehead atoms. The zero-order valence-electron chi connectivity index (χ0n) is 14.5. The largest absolute Gasteiger partial charge is 0.361 e. The van der Waals surface area contributed by atoms with Crippen LogP contribution in [-0.4, -0.2) is 28.0 Å². The zero-order chi connectivity index (χ0) is 18.0. The van der Waals surface area contributed by atoms with E-state index in [4.69, 9.17) is 16.1 Å². The fourth-order valence-corrected chi connectivity index (χ4v) is 3.92. The van der Waals surface area contributed by atoms with E-state index in [1.54, 1.807) is 28.8 Å². The molecule has 2 aromatic rings. The summed E-state index contributed by atoms with van der Waals surface area (Å²) in [4.78, 5) is 19.3. The van der Waals surface area contributed by atoms with Crippen LogP contribution in [0.2, 0.25) is 5.02 Å². The van der Waals surface area contributed by atoms with Crippen molar-refractivity contribution in [2.24, 2.45) is 4.99 Å². The Morgan fingerprint density at radius 1 is 1.36 bits per heavy atom. The third-order valence-electron chi connectivity index (χ3n) is 4.08. The highest BCUT2D eigenvalue weighted by Crippen LogP contribution is 2.28. The number of hydrogen-bond donors (Lipinski definition) is 0. The van der Waals surface area contributed by atoms with Crippen molar-refractivity contribution in [3.8, 4) is 0 Å². The number of benzene rings is 1. The quantitative estimate of drug-likeness (QED) is 0.792. The molecule has 1 atom stereocenters. The summed E-state index contributed by atoms with van der Waals surface area (Å²) in [6, 6.07) is 7.49. The number of aliphatic imine (C=N–C) groups is 1. The number of carbonyl (C=O) groups excluding carboxylic acids is 1. The normalized spacial score (nSPS) is 16.8. The molecule has 0 aliphatic carbocycles. The van der Waals surface area contributed by atoms with Crippen LogP contribution in [0.25, 0.3) is 0 Å². The predicted molar refractivity (Wildman–Crippen MR) is 103 cm³/mol. The van der Waals surface area contributed by atoms with E-state index in [1.165, 1.54) is 0 Å². The third-order valence-corrected chi connectivity index (χ3v) is 5.53. The number of thioether (sulfide) groups is 1. The minimum Gasteiger partial charge on any atom is -0.361 e. The summed E-state index contributed by atoms with van der Waals surface area (Å²) in [7, 11) is 0. The minimum atomic E-state index is 0.00247. The molecule has 0 saturated carbocycles. The monoisotopic (exact) mass is 377 g/mol. The molecule has 25 heavy (non-hydrogen) atoms. The van der Waals surface area contributed by atoms with E-state index in [-0.39, 0.29) is 11.9 Å². The molecule has 0 N–H and O–H groups in total. The minimum absolute atomic E-state index is 0.00247. The highest BCUT2D eigenvalue weighted by Gasteiger charge is 2.27. The molecule has 5 nitrogen and oxygen atoms in total. The van der Waals surface area contributed by atoms with Gasteiger partial charge in [-0.25, -0.2) is 0 Å². The third kappa shape index (κ3) is 4.07. The van der Waals surface area contributed by atoms with Crippen LogP contribution in [0.3, 0.4) is 0 Å². The Morgan fingerprint density at radius 3 is 2.64 bits per heavy atom. The Bertz CT molecular complexity index is 782. The number of hydrogen-bond acceptors (Lipinski definition) is 5. The van der Waals surface area contributed by atoms with E-state index in [0.29, 0.717) is 17.9 Å². The molecule has 0 fully saturated rings. The average Bonchev–Trinajstić information content (AvgIpc) is 3.14. The molecule has 1 aromatic heterocycles. The number of amides is 1. The molecule has 0 saturated heterocycles. The maximum absolute atomic E-state index is 13.0. The van der Waals surface area contributed by atoms with Crippen molar-refractivity contribution in [2.45, 2.75) is 39.7 Å².